The Labute approximate surface area is 216 Å². The minimum Gasteiger partial charge on any atom is -0.451 e. The van der Waals surface area contributed by atoms with Gasteiger partial charge in [-0.2, -0.15) is 4.99 Å². The van der Waals surface area contributed by atoms with Crippen LogP contribution in [0.5, 0.6) is 0 Å². The molecule has 0 fully saturated rings. The number of pyridine rings is 1. The summed E-state index contributed by atoms with van der Waals surface area (Å²) < 4.78 is 19.8. The van der Waals surface area contributed by atoms with Gasteiger partial charge in [-0.1, -0.05) is 44.2 Å². The maximum absolute atomic E-state index is 14.2. The van der Waals surface area contributed by atoms with Gasteiger partial charge in [0.2, 0.25) is 0 Å². The first-order valence-electron chi connectivity index (χ1n) is 12.2. The first-order chi connectivity index (χ1) is 17.9. The smallest absolute Gasteiger partial charge is 0.343 e. The number of urea groups is 1. The van der Waals surface area contributed by atoms with Crippen LogP contribution in [0.15, 0.2) is 82.6 Å². The standard InChI is InChI=1S/C28H32FN5O3/c1-5-10-22(29)23(11-6-2)32-28(36)34(7-3)17-16-33(4)26-15-14-21(19-30-26)31-27(35)25-18-20-12-8-9-13-24(20)37-25/h5,8-10,12-15,18-19H,1,6-7,11,16-17H2,2-4H3,(H,31,35)/b22-10+,32-23?. The van der Waals surface area contributed by atoms with E-state index in [1.165, 1.54) is 12.2 Å². The van der Waals surface area contributed by atoms with Crippen LogP contribution < -0.4 is 10.2 Å². The molecule has 0 saturated carbocycles. The third-order valence-corrected chi connectivity index (χ3v) is 5.66. The van der Waals surface area contributed by atoms with E-state index < -0.39 is 11.9 Å². The molecular formula is C28H32FN5O3. The number of fused-ring (bicyclic) bond motifs is 1. The van der Waals surface area contributed by atoms with Crippen molar-refractivity contribution in [1.29, 1.82) is 0 Å². The molecule has 1 N–H and O–H groups in total. The van der Waals surface area contributed by atoms with Gasteiger partial charge < -0.3 is 19.5 Å². The number of likely N-dealkylation sites (N-methyl/N-ethyl adjacent to an activating group) is 2. The fourth-order valence-corrected chi connectivity index (χ4v) is 3.60. The molecule has 1 aromatic carbocycles. The van der Waals surface area contributed by atoms with Gasteiger partial charge in [0.25, 0.3) is 5.91 Å². The highest BCUT2D eigenvalue weighted by molar-refractivity contribution is 6.05. The number of rotatable bonds is 11. The zero-order valence-electron chi connectivity index (χ0n) is 21.4. The Bertz CT molecular complexity index is 1260. The third-order valence-electron chi connectivity index (χ3n) is 5.66. The first-order valence-corrected chi connectivity index (χ1v) is 12.2. The average molecular weight is 506 g/mol. The summed E-state index contributed by atoms with van der Waals surface area (Å²) in [7, 11) is 1.85. The second kappa shape index (κ2) is 13.2. The molecule has 2 aromatic heterocycles. The van der Waals surface area contributed by atoms with Crippen molar-refractivity contribution in [3.8, 4) is 0 Å². The second-order valence-electron chi connectivity index (χ2n) is 8.35. The van der Waals surface area contributed by atoms with E-state index in [9.17, 15) is 14.0 Å². The summed E-state index contributed by atoms with van der Waals surface area (Å²) in [6.07, 6.45) is 5.13. The van der Waals surface area contributed by atoms with Gasteiger partial charge in [-0.3, -0.25) is 4.79 Å². The van der Waals surface area contributed by atoms with Crippen LogP contribution in [0.3, 0.4) is 0 Å². The topological polar surface area (TPSA) is 91.0 Å². The summed E-state index contributed by atoms with van der Waals surface area (Å²) in [5, 5.41) is 3.64. The van der Waals surface area contributed by atoms with E-state index in [4.69, 9.17) is 4.42 Å². The molecule has 0 saturated heterocycles. The lowest BCUT2D eigenvalue weighted by Gasteiger charge is -2.24. The van der Waals surface area contributed by atoms with Crippen LogP contribution in [-0.4, -0.2) is 54.2 Å². The number of aliphatic imine (C=N–C) groups is 1. The van der Waals surface area contributed by atoms with Crippen molar-refractivity contribution in [3.63, 3.8) is 0 Å². The number of allylic oxidation sites excluding steroid dienone is 3. The highest BCUT2D eigenvalue weighted by atomic mass is 19.1. The van der Waals surface area contributed by atoms with Crippen molar-refractivity contribution in [2.45, 2.75) is 26.7 Å². The van der Waals surface area contributed by atoms with Crippen molar-refractivity contribution in [1.82, 2.24) is 9.88 Å². The molecule has 0 aliphatic carbocycles. The molecule has 0 atom stereocenters. The molecule has 3 aromatic rings. The van der Waals surface area contributed by atoms with Gasteiger partial charge in [0.15, 0.2) is 5.76 Å². The maximum atomic E-state index is 14.2. The number of furan rings is 1. The van der Waals surface area contributed by atoms with E-state index >= 15 is 0 Å². The third kappa shape index (κ3) is 7.36. The van der Waals surface area contributed by atoms with Gasteiger partial charge in [0.1, 0.15) is 17.2 Å². The van der Waals surface area contributed by atoms with E-state index in [-0.39, 0.29) is 17.4 Å². The molecule has 3 rings (SSSR count). The number of benzene rings is 1. The molecule has 0 bridgehead atoms. The number of anilines is 2. The Morgan fingerprint density at radius 1 is 1.19 bits per heavy atom. The number of nitrogens with zero attached hydrogens (tertiary/aromatic N) is 4. The Kier molecular flexibility index (Phi) is 9.71. The van der Waals surface area contributed by atoms with E-state index in [1.54, 1.807) is 35.4 Å². The Morgan fingerprint density at radius 2 is 1.97 bits per heavy atom. The van der Waals surface area contributed by atoms with E-state index in [2.05, 4.69) is 21.9 Å². The predicted molar refractivity (Wildman–Crippen MR) is 146 cm³/mol. The lowest BCUT2D eigenvalue weighted by Crippen LogP contribution is -2.36. The Morgan fingerprint density at radius 3 is 2.62 bits per heavy atom. The van der Waals surface area contributed by atoms with E-state index in [0.29, 0.717) is 49.6 Å². The number of para-hydroxylation sites is 1. The van der Waals surface area contributed by atoms with Gasteiger partial charge in [0, 0.05) is 32.1 Å². The lowest BCUT2D eigenvalue weighted by atomic mass is 10.2. The van der Waals surface area contributed by atoms with Crippen molar-refractivity contribution >= 4 is 40.1 Å². The Balaban J connectivity index is 1.58. The number of halogens is 1. The number of carbonyl (C=O) groups excluding carboxylic acids is 2. The van der Waals surface area contributed by atoms with Gasteiger partial charge >= 0.3 is 6.03 Å². The largest absolute Gasteiger partial charge is 0.451 e. The highest BCUT2D eigenvalue weighted by Crippen LogP contribution is 2.20. The quantitative estimate of drug-likeness (QED) is 0.246. The molecule has 0 aliphatic rings. The predicted octanol–water partition coefficient (Wildman–Crippen LogP) is 6.24. The maximum Gasteiger partial charge on any atom is 0.343 e. The molecule has 9 heteroatoms. The van der Waals surface area contributed by atoms with Crippen molar-refractivity contribution in [3.05, 3.63) is 79.0 Å². The molecule has 3 amide bonds. The summed E-state index contributed by atoms with van der Waals surface area (Å²) in [4.78, 5) is 37.1. The van der Waals surface area contributed by atoms with E-state index in [0.717, 1.165) is 5.39 Å². The van der Waals surface area contributed by atoms with Crippen molar-refractivity contribution in [2.24, 2.45) is 4.99 Å². The minimum absolute atomic E-state index is 0.126. The van der Waals surface area contributed by atoms with Gasteiger partial charge in [-0.05, 0) is 43.7 Å². The molecule has 0 aliphatic heterocycles. The summed E-state index contributed by atoms with van der Waals surface area (Å²) in [5.41, 5.74) is 1.30. The van der Waals surface area contributed by atoms with Crippen LogP contribution >= 0.6 is 0 Å². The van der Waals surface area contributed by atoms with Gasteiger partial charge in [0.05, 0.1) is 17.6 Å². The first kappa shape index (κ1) is 27.3. The van der Waals surface area contributed by atoms with E-state index in [1.807, 2.05) is 44.0 Å². The zero-order valence-corrected chi connectivity index (χ0v) is 21.4. The summed E-state index contributed by atoms with van der Waals surface area (Å²) >= 11 is 0. The highest BCUT2D eigenvalue weighted by Gasteiger charge is 2.16. The van der Waals surface area contributed by atoms with Crippen molar-refractivity contribution in [2.75, 3.05) is 36.9 Å². The molecule has 8 nitrogen and oxygen atoms in total. The molecule has 37 heavy (non-hydrogen) atoms. The number of nitrogens with one attached hydrogen (secondary N) is 1. The summed E-state index contributed by atoms with van der Waals surface area (Å²) in [6, 6.07) is 12.2. The fraction of sp³-hybridized carbons (Fsp3) is 0.286. The lowest BCUT2D eigenvalue weighted by molar-refractivity contribution is 0.0998. The molecule has 0 radical (unpaired) electrons. The van der Waals surface area contributed by atoms with Gasteiger partial charge in [-0.25, -0.2) is 14.2 Å². The van der Waals surface area contributed by atoms with Crippen LogP contribution in [0.1, 0.15) is 37.2 Å². The monoisotopic (exact) mass is 505 g/mol. The van der Waals surface area contributed by atoms with Crippen LogP contribution in [0.4, 0.5) is 20.7 Å². The number of aromatic nitrogens is 1. The van der Waals surface area contributed by atoms with Gasteiger partial charge in [-0.15, -0.1) is 0 Å². The second-order valence-corrected chi connectivity index (χ2v) is 8.35. The number of carbonyl (C=O) groups is 2. The number of hydrogen-bond acceptors (Lipinski definition) is 5. The normalized spacial score (nSPS) is 11.9. The minimum atomic E-state index is -0.546. The molecular weight excluding hydrogens is 473 g/mol. The number of amides is 3. The summed E-state index contributed by atoms with van der Waals surface area (Å²) in [6.45, 7) is 8.54. The fourth-order valence-electron chi connectivity index (χ4n) is 3.60. The molecule has 2 heterocycles. The van der Waals surface area contributed by atoms with Crippen LogP contribution in [-0.2, 0) is 0 Å². The summed E-state index contributed by atoms with van der Waals surface area (Å²) in [5.74, 6) is -0.0228. The molecule has 0 spiro atoms. The Hall–Kier alpha value is -4.27. The van der Waals surface area contributed by atoms with Crippen LogP contribution in [0.25, 0.3) is 11.0 Å². The zero-order chi connectivity index (χ0) is 26.8. The van der Waals surface area contributed by atoms with Crippen LogP contribution in [0, 0.1) is 0 Å². The number of hydrogen-bond donors (Lipinski definition) is 1. The van der Waals surface area contributed by atoms with Crippen molar-refractivity contribution < 1.29 is 18.4 Å². The SMILES string of the molecule is C=C/C=C(/F)C(CCC)=NC(=O)N(CC)CCN(C)c1ccc(NC(=O)c2cc3ccccc3o2)cn1. The van der Waals surface area contributed by atoms with Crippen LogP contribution in [0.2, 0.25) is 0 Å². The molecule has 194 valence electrons. The molecule has 0 unspecified atom stereocenters. The average Bonchev–Trinajstić information content (AvgIpc) is 3.34.